The summed E-state index contributed by atoms with van der Waals surface area (Å²) in [5.74, 6) is 2.19. The summed E-state index contributed by atoms with van der Waals surface area (Å²) in [6.45, 7) is 0.689. The van der Waals surface area contributed by atoms with Crippen molar-refractivity contribution >= 4 is 11.6 Å². The van der Waals surface area contributed by atoms with Crippen LogP contribution in [-0.4, -0.2) is 38.8 Å². The number of methoxy groups -OCH3 is 3. The molecule has 6 heteroatoms. The molecule has 0 aromatic heterocycles. The van der Waals surface area contributed by atoms with Gasteiger partial charge in [0.1, 0.15) is 5.75 Å². The zero-order chi connectivity index (χ0) is 17.6. The number of rotatable bonds is 4. The van der Waals surface area contributed by atoms with Crippen molar-refractivity contribution in [3.05, 3.63) is 47.5 Å². The Bertz CT molecular complexity index is 819. The average Bonchev–Trinajstić information content (AvgIpc) is 3.18. The van der Waals surface area contributed by atoms with Gasteiger partial charge in [-0.15, -0.1) is 0 Å². The van der Waals surface area contributed by atoms with Gasteiger partial charge in [-0.3, -0.25) is 4.79 Å². The van der Waals surface area contributed by atoms with Crippen molar-refractivity contribution in [1.29, 1.82) is 0 Å². The molecule has 1 atom stereocenters. The van der Waals surface area contributed by atoms with Gasteiger partial charge in [-0.25, -0.2) is 10.0 Å². The summed E-state index contributed by atoms with van der Waals surface area (Å²) in [6, 6.07) is 11.8. The number of carbonyl (C=O) groups is 1. The van der Waals surface area contributed by atoms with Gasteiger partial charge in [0.05, 0.1) is 33.1 Å². The zero-order valence-corrected chi connectivity index (χ0v) is 14.5. The zero-order valence-electron chi connectivity index (χ0n) is 14.5. The van der Waals surface area contributed by atoms with Crippen LogP contribution in [0.2, 0.25) is 0 Å². The van der Waals surface area contributed by atoms with Gasteiger partial charge in [0.25, 0.3) is 0 Å². The second kappa shape index (κ2) is 5.97. The first-order chi connectivity index (χ1) is 12.2. The Morgan fingerprint density at radius 2 is 1.64 bits per heavy atom. The Morgan fingerprint density at radius 3 is 2.28 bits per heavy atom. The highest BCUT2D eigenvalue weighted by Crippen LogP contribution is 2.50. The fourth-order valence-electron chi connectivity index (χ4n) is 3.66. The maximum atomic E-state index is 12.4. The standard InChI is InChI=1S/C19H20N2O4/c1-23-13-6-4-12(5-7-13)19-14-10-16(24-2)17(25-3)11-15(14)21-18(22)8-9-20(19)21/h4-7,10-11,19H,8-9H2,1-3H3. The maximum Gasteiger partial charge on any atom is 0.242 e. The minimum Gasteiger partial charge on any atom is -0.497 e. The van der Waals surface area contributed by atoms with E-state index in [4.69, 9.17) is 14.2 Å². The molecule has 0 spiro atoms. The van der Waals surface area contributed by atoms with Crippen molar-refractivity contribution < 1.29 is 19.0 Å². The molecular formula is C19H20N2O4. The summed E-state index contributed by atoms with van der Waals surface area (Å²) in [7, 11) is 4.87. The Hall–Kier alpha value is -2.73. The summed E-state index contributed by atoms with van der Waals surface area (Å²) in [6.07, 6.45) is 0.514. The van der Waals surface area contributed by atoms with Crippen molar-refractivity contribution in [2.75, 3.05) is 32.9 Å². The van der Waals surface area contributed by atoms with Crippen molar-refractivity contribution in [1.82, 2.24) is 5.01 Å². The summed E-state index contributed by atoms with van der Waals surface area (Å²) in [4.78, 5) is 12.4. The van der Waals surface area contributed by atoms with Crippen LogP contribution in [0.5, 0.6) is 17.2 Å². The number of carbonyl (C=O) groups excluding carboxylic acids is 1. The molecule has 0 bridgehead atoms. The third-order valence-corrected chi connectivity index (χ3v) is 4.83. The molecule has 1 unspecified atom stereocenters. The van der Waals surface area contributed by atoms with Gasteiger partial charge in [-0.1, -0.05) is 12.1 Å². The van der Waals surface area contributed by atoms with Crippen molar-refractivity contribution in [3.63, 3.8) is 0 Å². The highest BCUT2D eigenvalue weighted by Gasteiger charge is 2.45. The lowest BCUT2D eigenvalue weighted by molar-refractivity contribution is -0.117. The fraction of sp³-hybridized carbons (Fsp3) is 0.316. The van der Waals surface area contributed by atoms with E-state index in [1.54, 1.807) is 26.3 Å². The molecule has 0 aliphatic carbocycles. The Kier molecular flexibility index (Phi) is 3.77. The summed E-state index contributed by atoms with van der Waals surface area (Å²) >= 11 is 0. The second-order valence-corrected chi connectivity index (χ2v) is 6.06. The average molecular weight is 340 g/mol. The van der Waals surface area contributed by atoms with Gasteiger partial charge >= 0.3 is 0 Å². The van der Waals surface area contributed by atoms with Gasteiger partial charge in [0.2, 0.25) is 5.91 Å². The number of benzene rings is 2. The monoisotopic (exact) mass is 340 g/mol. The molecule has 2 aromatic carbocycles. The number of fused-ring (bicyclic) bond motifs is 3. The highest BCUT2D eigenvalue weighted by atomic mass is 16.5. The smallest absolute Gasteiger partial charge is 0.242 e. The minimum atomic E-state index is -0.0350. The largest absolute Gasteiger partial charge is 0.497 e. The van der Waals surface area contributed by atoms with E-state index in [-0.39, 0.29) is 11.9 Å². The fourth-order valence-corrected chi connectivity index (χ4v) is 3.66. The molecule has 2 aliphatic rings. The van der Waals surface area contributed by atoms with E-state index in [1.165, 1.54) is 0 Å². The highest BCUT2D eigenvalue weighted by molar-refractivity contribution is 5.97. The van der Waals surface area contributed by atoms with Crippen molar-refractivity contribution in [2.45, 2.75) is 12.5 Å². The number of ether oxygens (including phenoxy) is 3. The molecule has 2 aliphatic heterocycles. The molecule has 4 rings (SSSR count). The van der Waals surface area contributed by atoms with Crippen molar-refractivity contribution in [3.8, 4) is 17.2 Å². The molecule has 0 N–H and O–H groups in total. The van der Waals surface area contributed by atoms with Crippen LogP contribution in [-0.2, 0) is 4.79 Å². The Labute approximate surface area is 146 Å². The van der Waals surface area contributed by atoms with E-state index in [2.05, 4.69) is 5.01 Å². The maximum absolute atomic E-state index is 12.4. The first kappa shape index (κ1) is 15.8. The Morgan fingerprint density at radius 1 is 0.960 bits per heavy atom. The van der Waals surface area contributed by atoms with Gasteiger partial charge in [0.15, 0.2) is 11.5 Å². The minimum absolute atomic E-state index is 0.0350. The molecule has 25 heavy (non-hydrogen) atoms. The lowest BCUT2D eigenvalue weighted by atomic mass is 9.97. The Balaban J connectivity index is 1.86. The third kappa shape index (κ3) is 2.33. The van der Waals surface area contributed by atoms with E-state index < -0.39 is 0 Å². The summed E-state index contributed by atoms with van der Waals surface area (Å²) in [5.41, 5.74) is 3.00. The summed E-state index contributed by atoms with van der Waals surface area (Å²) < 4.78 is 16.1. The van der Waals surface area contributed by atoms with Gasteiger partial charge in [-0.2, -0.15) is 0 Å². The molecule has 130 valence electrons. The van der Waals surface area contributed by atoms with Gasteiger partial charge in [0, 0.05) is 24.6 Å². The molecule has 1 saturated heterocycles. The molecule has 0 radical (unpaired) electrons. The molecular weight excluding hydrogens is 320 g/mol. The number of hydrazine groups is 1. The summed E-state index contributed by atoms with van der Waals surface area (Å²) in [5, 5.41) is 3.87. The van der Waals surface area contributed by atoms with E-state index in [0.29, 0.717) is 24.5 Å². The van der Waals surface area contributed by atoms with Crippen LogP contribution in [0.4, 0.5) is 5.69 Å². The SMILES string of the molecule is COc1ccc(C2c3cc(OC)c(OC)cc3N3C(=O)CCN23)cc1. The van der Waals surface area contributed by atoms with E-state index in [1.807, 2.05) is 36.4 Å². The topological polar surface area (TPSA) is 51.2 Å². The quantitative estimate of drug-likeness (QED) is 0.857. The predicted molar refractivity (Wildman–Crippen MR) is 93.2 cm³/mol. The second-order valence-electron chi connectivity index (χ2n) is 6.06. The van der Waals surface area contributed by atoms with E-state index in [0.717, 1.165) is 22.6 Å². The molecule has 1 fully saturated rings. The van der Waals surface area contributed by atoms with Crippen LogP contribution in [0.15, 0.2) is 36.4 Å². The van der Waals surface area contributed by atoms with Crippen molar-refractivity contribution in [2.24, 2.45) is 0 Å². The third-order valence-electron chi connectivity index (χ3n) is 4.83. The molecule has 0 saturated carbocycles. The predicted octanol–water partition coefficient (Wildman–Crippen LogP) is 2.77. The van der Waals surface area contributed by atoms with Crippen LogP contribution in [0.1, 0.15) is 23.6 Å². The number of hydrogen-bond acceptors (Lipinski definition) is 5. The normalized spacial score (nSPS) is 18.9. The van der Waals surface area contributed by atoms with Crippen LogP contribution in [0, 0.1) is 0 Å². The van der Waals surface area contributed by atoms with Crippen LogP contribution in [0.3, 0.4) is 0 Å². The first-order valence-corrected chi connectivity index (χ1v) is 8.17. The van der Waals surface area contributed by atoms with Gasteiger partial charge < -0.3 is 14.2 Å². The van der Waals surface area contributed by atoms with E-state index >= 15 is 0 Å². The number of amides is 1. The lowest BCUT2D eigenvalue weighted by Gasteiger charge is -2.25. The molecule has 2 heterocycles. The molecule has 1 amide bonds. The van der Waals surface area contributed by atoms with Crippen LogP contribution >= 0.6 is 0 Å². The lowest BCUT2D eigenvalue weighted by Crippen LogP contribution is -2.35. The van der Waals surface area contributed by atoms with Crippen LogP contribution < -0.4 is 19.2 Å². The first-order valence-electron chi connectivity index (χ1n) is 8.17. The molecule has 2 aromatic rings. The number of nitrogens with zero attached hydrogens (tertiary/aromatic N) is 2. The van der Waals surface area contributed by atoms with Crippen LogP contribution in [0.25, 0.3) is 0 Å². The van der Waals surface area contributed by atoms with E-state index in [9.17, 15) is 4.79 Å². The van der Waals surface area contributed by atoms with Gasteiger partial charge in [-0.05, 0) is 23.8 Å². The number of anilines is 1. The number of hydrogen-bond donors (Lipinski definition) is 0. The molecule has 6 nitrogen and oxygen atoms in total.